The number of nitrogens with one attached hydrogen (secondary N) is 3. The lowest BCUT2D eigenvalue weighted by Gasteiger charge is -2.23. The number of anilines is 2. The second kappa shape index (κ2) is 10.3. The Balaban J connectivity index is 1.65. The Labute approximate surface area is 184 Å². The number of nitriles is 1. The third-order valence-electron chi connectivity index (χ3n) is 4.73. The van der Waals surface area contributed by atoms with Crippen molar-refractivity contribution in [1.29, 1.82) is 5.26 Å². The molecule has 0 spiro atoms. The van der Waals surface area contributed by atoms with Crippen molar-refractivity contribution in [2.45, 2.75) is 26.3 Å². The molecule has 2 aromatic carbocycles. The zero-order valence-electron chi connectivity index (χ0n) is 17.1. The molecule has 0 bridgehead atoms. The number of carbonyl (C=O) groups excluding carboxylic acids is 2. The molecule has 3 rings (SSSR count). The summed E-state index contributed by atoms with van der Waals surface area (Å²) in [6.07, 6.45) is 0.695. The van der Waals surface area contributed by atoms with Crippen LogP contribution in [0, 0.1) is 17.2 Å². The van der Waals surface area contributed by atoms with E-state index < -0.39 is 12.1 Å². The van der Waals surface area contributed by atoms with E-state index in [9.17, 15) is 9.59 Å². The maximum absolute atomic E-state index is 12.9. The number of amides is 3. The summed E-state index contributed by atoms with van der Waals surface area (Å²) in [5.74, 6) is -0.465. The standard InChI is InChI=1S/C22H22N6O2S/c1-3-14(2)18(25-21(30)24-17-11-9-15(13-23)10-12-17)19(29)26-22-28-27-20(31-22)16-7-5-4-6-8-16/h4-12,14,18H,3H2,1-2H3,(H2,24,25,30)(H,26,28,29)/t14-,18-/m0/s1. The third kappa shape index (κ3) is 5.87. The van der Waals surface area contributed by atoms with Crippen LogP contribution in [0.5, 0.6) is 0 Å². The summed E-state index contributed by atoms with van der Waals surface area (Å²) < 4.78 is 0. The van der Waals surface area contributed by atoms with Crippen LogP contribution < -0.4 is 16.0 Å². The van der Waals surface area contributed by atoms with Gasteiger partial charge in [-0.2, -0.15) is 5.26 Å². The number of rotatable bonds is 7. The number of benzene rings is 2. The minimum atomic E-state index is -0.757. The van der Waals surface area contributed by atoms with Crippen LogP contribution in [0.2, 0.25) is 0 Å². The SMILES string of the molecule is CC[C@H](C)[C@H](NC(=O)Nc1ccc(C#N)cc1)C(=O)Nc1nnc(-c2ccccc2)s1. The number of hydrogen-bond donors (Lipinski definition) is 3. The summed E-state index contributed by atoms with van der Waals surface area (Å²) in [5.41, 5.74) is 1.94. The lowest BCUT2D eigenvalue weighted by Crippen LogP contribution is -2.49. The normalized spacial score (nSPS) is 12.3. The molecule has 3 N–H and O–H groups in total. The van der Waals surface area contributed by atoms with Gasteiger partial charge in [0, 0.05) is 11.3 Å². The van der Waals surface area contributed by atoms with Gasteiger partial charge in [0.2, 0.25) is 11.0 Å². The molecule has 3 amide bonds. The first-order valence-electron chi connectivity index (χ1n) is 9.77. The van der Waals surface area contributed by atoms with E-state index in [1.165, 1.54) is 11.3 Å². The lowest BCUT2D eigenvalue weighted by atomic mass is 9.98. The van der Waals surface area contributed by atoms with Crippen LogP contribution in [0.25, 0.3) is 10.6 Å². The minimum Gasteiger partial charge on any atom is -0.326 e. The van der Waals surface area contributed by atoms with Crippen molar-refractivity contribution in [2.24, 2.45) is 5.92 Å². The van der Waals surface area contributed by atoms with E-state index in [1.807, 2.05) is 50.2 Å². The van der Waals surface area contributed by atoms with Crippen molar-refractivity contribution in [1.82, 2.24) is 15.5 Å². The zero-order chi connectivity index (χ0) is 22.2. The lowest BCUT2D eigenvalue weighted by molar-refractivity contribution is -0.119. The van der Waals surface area contributed by atoms with E-state index in [0.717, 1.165) is 5.56 Å². The van der Waals surface area contributed by atoms with Crippen LogP contribution in [0.4, 0.5) is 15.6 Å². The molecule has 2 atom stereocenters. The Morgan fingerprint density at radius 3 is 2.42 bits per heavy atom. The van der Waals surface area contributed by atoms with E-state index in [1.54, 1.807) is 24.3 Å². The fourth-order valence-electron chi connectivity index (χ4n) is 2.79. The van der Waals surface area contributed by atoms with Gasteiger partial charge in [-0.05, 0) is 30.2 Å². The number of aromatic nitrogens is 2. The van der Waals surface area contributed by atoms with Crippen LogP contribution in [0.15, 0.2) is 54.6 Å². The third-order valence-corrected chi connectivity index (χ3v) is 5.62. The highest BCUT2D eigenvalue weighted by atomic mass is 32.1. The molecule has 1 aromatic heterocycles. The summed E-state index contributed by atoms with van der Waals surface area (Å²) in [5, 5.41) is 26.3. The molecule has 158 valence electrons. The number of hydrogen-bond acceptors (Lipinski definition) is 6. The Morgan fingerprint density at radius 1 is 1.06 bits per heavy atom. The van der Waals surface area contributed by atoms with E-state index in [2.05, 4.69) is 26.1 Å². The molecule has 9 heteroatoms. The molecule has 0 saturated carbocycles. The molecule has 0 saturated heterocycles. The summed E-state index contributed by atoms with van der Waals surface area (Å²) in [4.78, 5) is 25.3. The Kier molecular flexibility index (Phi) is 7.30. The average Bonchev–Trinajstić information content (AvgIpc) is 3.26. The fourth-order valence-corrected chi connectivity index (χ4v) is 3.54. The molecule has 3 aromatic rings. The van der Waals surface area contributed by atoms with E-state index in [-0.39, 0.29) is 11.8 Å². The number of nitrogens with zero attached hydrogens (tertiary/aromatic N) is 3. The average molecular weight is 435 g/mol. The molecule has 0 unspecified atom stereocenters. The Morgan fingerprint density at radius 2 is 1.77 bits per heavy atom. The van der Waals surface area contributed by atoms with Gasteiger partial charge in [0.15, 0.2) is 0 Å². The molecular weight excluding hydrogens is 412 g/mol. The van der Waals surface area contributed by atoms with Crippen LogP contribution >= 0.6 is 11.3 Å². The smallest absolute Gasteiger partial charge is 0.319 e. The van der Waals surface area contributed by atoms with Gasteiger partial charge in [0.25, 0.3) is 0 Å². The van der Waals surface area contributed by atoms with Crippen molar-refractivity contribution in [3.8, 4) is 16.6 Å². The first-order chi connectivity index (χ1) is 15.0. The van der Waals surface area contributed by atoms with Crippen LogP contribution in [0.1, 0.15) is 25.8 Å². The van der Waals surface area contributed by atoms with Gasteiger partial charge in [-0.1, -0.05) is 61.9 Å². The monoisotopic (exact) mass is 434 g/mol. The van der Waals surface area contributed by atoms with E-state index >= 15 is 0 Å². The van der Waals surface area contributed by atoms with Crippen LogP contribution in [-0.2, 0) is 4.79 Å². The van der Waals surface area contributed by atoms with Gasteiger partial charge in [-0.25, -0.2) is 4.79 Å². The van der Waals surface area contributed by atoms with E-state index in [4.69, 9.17) is 5.26 Å². The zero-order valence-corrected chi connectivity index (χ0v) is 17.9. The Hall–Kier alpha value is -3.77. The van der Waals surface area contributed by atoms with Gasteiger partial charge in [-0.15, -0.1) is 10.2 Å². The molecule has 0 radical (unpaired) electrons. The maximum Gasteiger partial charge on any atom is 0.319 e. The van der Waals surface area contributed by atoms with Crippen molar-refractivity contribution in [2.75, 3.05) is 10.6 Å². The number of carbonyl (C=O) groups is 2. The van der Waals surface area contributed by atoms with Crippen molar-refractivity contribution >= 4 is 34.1 Å². The summed E-state index contributed by atoms with van der Waals surface area (Å²) in [7, 11) is 0. The van der Waals surface area contributed by atoms with Gasteiger partial charge in [0.05, 0.1) is 11.6 Å². The molecule has 1 heterocycles. The minimum absolute atomic E-state index is 0.103. The van der Waals surface area contributed by atoms with Gasteiger partial charge >= 0.3 is 6.03 Å². The van der Waals surface area contributed by atoms with Gasteiger partial charge in [0.1, 0.15) is 11.0 Å². The second-order valence-corrected chi connectivity index (χ2v) is 7.90. The molecule has 0 aliphatic heterocycles. The first kappa shape index (κ1) is 21.9. The largest absolute Gasteiger partial charge is 0.326 e. The van der Waals surface area contributed by atoms with E-state index in [0.29, 0.717) is 27.8 Å². The quantitative estimate of drug-likeness (QED) is 0.513. The van der Waals surface area contributed by atoms with Crippen molar-refractivity contribution < 1.29 is 9.59 Å². The molecule has 0 aliphatic carbocycles. The highest BCUT2D eigenvalue weighted by Crippen LogP contribution is 2.26. The van der Waals surface area contributed by atoms with Crippen molar-refractivity contribution in [3.05, 3.63) is 60.2 Å². The van der Waals surface area contributed by atoms with Crippen molar-refractivity contribution in [3.63, 3.8) is 0 Å². The maximum atomic E-state index is 12.9. The molecular formula is C22H22N6O2S. The summed E-state index contributed by atoms with van der Waals surface area (Å²) in [6, 6.07) is 16.8. The van der Waals surface area contributed by atoms with Gasteiger partial charge in [-0.3, -0.25) is 10.1 Å². The molecule has 8 nitrogen and oxygen atoms in total. The van der Waals surface area contributed by atoms with Crippen LogP contribution in [0.3, 0.4) is 0 Å². The predicted octanol–water partition coefficient (Wildman–Crippen LogP) is 4.25. The highest BCUT2D eigenvalue weighted by molar-refractivity contribution is 7.18. The second-order valence-electron chi connectivity index (χ2n) is 6.92. The molecule has 0 aliphatic rings. The predicted molar refractivity (Wildman–Crippen MR) is 121 cm³/mol. The van der Waals surface area contributed by atoms with Crippen LogP contribution in [-0.4, -0.2) is 28.2 Å². The number of urea groups is 1. The van der Waals surface area contributed by atoms with Gasteiger partial charge < -0.3 is 10.6 Å². The Bertz CT molecular complexity index is 1080. The highest BCUT2D eigenvalue weighted by Gasteiger charge is 2.27. The summed E-state index contributed by atoms with van der Waals surface area (Å²) in [6.45, 7) is 3.84. The molecule has 0 fully saturated rings. The molecule has 31 heavy (non-hydrogen) atoms. The first-order valence-corrected chi connectivity index (χ1v) is 10.6. The summed E-state index contributed by atoms with van der Waals surface area (Å²) >= 11 is 1.27. The topological polar surface area (TPSA) is 120 Å². The fraction of sp³-hybridized carbons (Fsp3) is 0.227.